The van der Waals surface area contributed by atoms with Crippen molar-refractivity contribution in [2.75, 3.05) is 13.7 Å². The number of hydrogen-bond acceptors (Lipinski definition) is 2. The highest BCUT2D eigenvalue weighted by molar-refractivity contribution is 6.65. The first-order chi connectivity index (χ1) is 4.68. The first-order valence-electron chi connectivity index (χ1n) is 3.87. The van der Waals surface area contributed by atoms with Crippen LogP contribution in [0.15, 0.2) is 0 Å². The molecule has 0 radical (unpaired) electrons. The van der Waals surface area contributed by atoms with Gasteiger partial charge in [-0.2, -0.15) is 0 Å². The number of hydrogen-bond donors (Lipinski definition) is 0. The van der Waals surface area contributed by atoms with Crippen molar-refractivity contribution >= 4 is 8.56 Å². The molecule has 0 aromatic carbocycles. The molecule has 0 heterocycles. The van der Waals surface area contributed by atoms with Crippen molar-refractivity contribution in [3.8, 4) is 0 Å². The van der Waals surface area contributed by atoms with Gasteiger partial charge in [0.25, 0.3) is 0 Å². The molecule has 0 amide bonds. The molecule has 0 aliphatic rings. The molecule has 3 heteroatoms. The van der Waals surface area contributed by atoms with Gasteiger partial charge in [0, 0.05) is 13.7 Å². The molecule has 0 aromatic heterocycles. The molecule has 10 heavy (non-hydrogen) atoms. The fraction of sp³-hybridized carbons (Fsp3) is 1.00. The van der Waals surface area contributed by atoms with E-state index < -0.39 is 8.56 Å². The normalized spacial score (nSPS) is 16.8. The summed E-state index contributed by atoms with van der Waals surface area (Å²) in [4.78, 5) is 0. The Hall–Kier alpha value is 0.137. The molecule has 62 valence electrons. The van der Waals surface area contributed by atoms with E-state index in [1.165, 1.54) is 0 Å². The lowest BCUT2D eigenvalue weighted by molar-refractivity contribution is 0.206. The summed E-state index contributed by atoms with van der Waals surface area (Å²) in [6.45, 7) is 7.17. The highest BCUT2D eigenvalue weighted by Crippen LogP contribution is 2.10. The van der Waals surface area contributed by atoms with Gasteiger partial charge in [0.15, 0.2) is 0 Å². The first kappa shape index (κ1) is 10.1. The van der Waals surface area contributed by atoms with E-state index in [-0.39, 0.29) is 0 Å². The highest BCUT2D eigenvalue weighted by atomic mass is 28.4. The smallest absolute Gasteiger partial charge is 0.334 e. The minimum absolute atomic E-state index is 0.838. The lowest BCUT2D eigenvalue weighted by Crippen LogP contribution is -2.36. The van der Waals surface area contributed by atoms with Crippen LogP contribution in [0.4, 0.5) is 0 Å². The fourth-order valence-corrected chi connectivity index (χ4v) is 1.87. The summed E-state index contributed by atoms with van der Waals surface area (Å²) in [5.74, 6) is 0. The predicted molar refractivity (Wildman–Crippen MR) is 45.4 cm³/mol. The Morgan fingerprint density at radius 3 is 2.20 bits per heavy atom. The number of rotatable bonds is 5. The average Bonchev–Trinajstić information content (AvgIpc) is 2.00. The van der Waals surface area contributed by atoms with E-state index in [1.54, 1.807) is 7.11 Å². The van der Waals surface area contributed by atoms with Crippen LogP contribution in [0, 0.1) is 0 Å². The first-order valence-corrected chi connectivity index (χ1v) is 6.40. The summed E-state index contributed by atoms with van der Waals surface area (Å²) in [5, 5.41) is 0. The van der Waals surface area contributed by atoms with Crippen LogP contribution in [-0.4, -0.2) is 22.3 Å². The van der Waals surface area contributed by atoms with Crippen molar-refractivity contribution < 1.29 is 8.85 Å². The van der Waals surface area contributed by atoms with Gasteiger partial charge in [-0.05, 0) is 19.0 Å². The van der Waals surface area contributed by atoms with Gasteiger partial charge in [-0.25, -0.2) is 0 Å². The van der Waals surface area contributed by atoms with Crippen molar-refractivity contribution in [2.24, 2.45) is 0 Å². The maximum absolute atomic E-state index is 5.59. The summed E-state index contributed by atoms with van der Waals surface area (Å²) in [6.07, 6.45) is 1.08. The molecule has 0 aliphatic heterocycles. The second-order valence-corrected chi connectivity index (χ2v) is 6.21. The van der Waals surface area contributed by atoms with Gasteiger partial charge in [0.2, 0.25) is 0 Å². The van der Waals surface area contributed by atoms with Gasteiger partial charge < -0.3 is 8.85 Å². The van der Waals surface area contributed by atoms with Gasteiger partial charge in [-0.15, -0.1) is 0 Å². The quantitative estimate of drug-likeness (QED) is 0.577. The summed E-state index contributed by atoms with van der Waals surface area (Å²) in [5.41, 5.74) is 0. The van der Waals surface area contributed by atoms with E-state index in [2.05, 4.69) is 20.4 Å². The van der Waals surface area contributed by atoms with E-state index in [0.717, 1.165) is 19.1 Å². The van der Waals surface area contributed by atoms with Crippen LogP contribution in [0.5, 0.6) is 0 Å². The van der Waals surface area contributed by atoms with E-state index in [0.29, 0.717) is 0 Å². The minimum Gasteiger partial charge on any atom is -0.398 e. The molecule has 0 aromatic rings. The van der Waals surface area contributed by atoms with Crippen LogP contribution in [0.25, 0.3) is 0 Å². The monoisotopic (exact) mass is 162 g/mol. The Morgan fingerprint density at radius 1 is 1.30 bits per heavy atom. The van der Waals surface area contributed by atoms with E-state index in [9.17, 15) is 0 Å². The predicted octanol–water partition coefficient (Wildman–Crippen LogP) is 2.15. The van der Waals surface area contributed by atoms with Crippen molar-refractivity contribution in [2.45, 2.75) is 32.9 Å². The third-order valence-electron chi connectivity index (χ3n) is 1.69. The Labute approximate surface area is 64.8 Å². The molecule has 0 bridgehead atoms. The largest absolute Gasteiger partial charge is 0.398 e. The molecule has 2 nitrogen and oxygen atoms in total. The molecule has 1 atom stereocenters. The Balaban J connectivity index is 3.58. The zero-order valence-electron chi connectivity index (χ0n) is 7.44. The van der Waals surface area contributed by atoms with Crippen LogP contribution >= 0.6 is 0 Å². The van der Waals surface area contributed by atoms with Crippen molar-refractivity contribution in [3.05, 3.63) is 0 Å². The summed E-state index contributed by atoms with van der Waals surface area (Å²) in [6, 6.07) is 1.03. The third-order valence-corrected chi connectivity index (χ3v) is 4.65. The standard InChI is InChI=1S/C7H18O2Si/c1-5-7-9-10(4,6-2)8-3/h5-7H2,1-4H3. The van der Waals surface area contributed by atoms with E-state index in [1.807, 2.05) is 0 Å². The average molecular weight is 162 g/mol. The molecule has 0 rings (SSSR count). The second kappa shape index (κ2) is 4.88. The van der Waals surface area contributed by atoms with Crippen LogP contribution < -0.4 is 0 Å². The fourth-order valence-electron chi connectivity index (χ4n) is 0.623. The maximum Gasteiger partial charge on any atom is 0.334 e. The molecular weight excluding hydrogens is 144 g/mol. The van der Waals surface area contributed by atoms with Crippen molar-refractivity contribution in [3.63, 3.8) is 0 Å². The topological polar surface area (TPSA) is 18.5 Å². The molecule has 0 spiro atoms. The molecule has 0 saturated carbocycles. The van der Waals surface area contributed by atoms with Crippen LogP contribution in [-0.2, 0) is 8.85 Å². The van der Waals surface area contributed by atoms with Gasteiger partial charge in [0.05, 0.1) is 0 Å². The van der Waals surface area contributed by atoms with Crippen LogP contribution in [0.3, 0.4) is 0 Å². The molecular formula is C7H18O2Si. The van der Waals surface area contributed by atoms with Crippen molar-refractivity contribution in [1.82, 2.24) is 0 Å². The zero-order valence-corrected chi connectivity index (χ0v) is 8.44. The highest BCUT2D eigenvalue weighted by Gasteiger charge is 2.26. The SMILES string of the molecule is CCCO[Si](C)(CC)OC. The maximum atomic E-state index is 5.59. The lowest BCUT2D eigenvalue weighted by Gasteiger charge is -2.22. The summed E-state index contributed by atoms with van der Waals surface area (Å²) >= 11 is 0. The van der Waals surface area contributed by atoms with E-state index in [4.69, 9.17) is 8.85 Å². The Bertz CT molecular complexity index is 81.7. The second-order valence-electron chi connectivity index (χ2n) is 2.54. The Morgan fingerprint density at radius 2 is 1.90 bits per heavy atom. The van der Waals surface area contributed by atoms with Gasteiger partial charge in [0.1, 0.15) is 0 Å². The summed E-state index contributed by atoms with van der Waals surface area (Å²) in [7, 11) is 0.0231. The molecule has 1 unspecified atom stereocenters. The van der Waals surface area contributed by atoms with Gasteiger partial charge >= 0.3 is 8.56 Å². The van der Waals surface area contributed by atoms with Crippen molar-refractivity contribution in [1.29, 1.82) is 0 Å². The minimum atomic E-state index is -1.72. The summed E-state index contributed by atoms with van der Waals surface area (Å²) < 4.78 is 10.9. The third kappa shape index (κ3) is 3.34. The molecule has 0 saturated heterocycles. The van der Waals surface area contributed by atoms with Gasteiger partial charge in [-0.1, -0.05) is 13.8 Å². The molecule has 0 aliphatic carbocycles. The molecule has 0 fully saturated rings. The van der Waals surface area contributed by atoms with Gasteiger partial charge in [-0.3, -0.25) is 0 Å². The van der Waals surface area contributed by atoms with Crippen LogP contribution in [0.1, 0.15) is 20.3 Å². The van der Waals surface area contributed by atoms with E-state index >= 15 is 0 Å². The molecule has 0 N–H and O–H groups in total. The van der Waals surface area contributed by atoms with Crippen LogP contribution in [0.2, 0.25) is 12.6 Å². The Kier molecular flexibility index (Phi) is 4.94. The zero-order chi connectivity index (χ0) is 8.04. The lowest BCUT2D eigenvalue weighted by atomic mass is 10.5.